The van der Waals surface area contributed by atoms with Crippen LogP contribution in [0.15, 0.2) is 35.3 Å². The number of anilines is 1. The van der Waals surface area contributed by atoms with Gasteiger partial charge in [-0.2, -0.15) is 0 Å². The van der Waals surface area contributed by atoms with Crippen LogP contribution in [0.2, 0.25) is 0 Å². The van der Waals surface area contributed by atoms with Crippen molar-refractivity contribution in [3.05, 3.63) is 63.3 Å². The fraction of sp³-hybridized carbons (Fsp3) is 0.538. The zero-order valence-corrected chi connectivity index (χ0v) is 20.3. The highest BCUT2D eigenvalue weighted by molar-refractivity contribution is 5.99. The lowest BCUT2D eigenvalue weighted by molar-refractivity contribution is 0.0648. The number of alkyl halides is 4. The molecule has 3 fully saturated rings. The van der Waals surface area contributed by atoms with Gasteiger partial charge in [0.25, 0.3) is 24.3 Å². The van der Waals surface area contributed by atoms with E-state index in [0.717, 1.165) is 49.1 Å². The maximum absolute atomic E-state index is 14.7. The van der Waals surface area contributed by atoms with E-state index in [1.165, 1.54) is 25.1 Å². The number of carbonyl (C=O) groups excluding carboxylic acids is 1. The van der Waals surface area contributed by atoms with Crippen LogP contribution in [-0.4, -0.2) is 35.0 Å². The van der Waals surface area contributed by atoms with E-state index in [1.807, 2.05) is 0 Å². The molecule has 6 nitrogen and oxygen atoms in total. The van der Waals surface area contributed by atoms with Crippen LogP contribution in [0.25, 0.3) is 0 Å². The summed E-state index contributed by atoms with van der Waals surface area (Å²) in [5, 5.41) is 9.35. The molecule has 2 atom stereocenters. The van der Waals surface area contributed by atoms with Gasteiger partial charge in [0.15, 0.2) is 0 Å². The molecular weight excluding hydrogens is 495 g/mol. The number of nitrogens with zero attached hydrogens (tertiary/aromatic N) is 1. The van der Waals surface area contributed by atoms with Crippen molar-refractivity contribution in [3.8, 4) is 0 Å². The Hall–Kier alpha value is -2.95. The molecule has 3 aliphatic rings. The number of hydrogen-bond donors (Lipinski definition) is 3. The van der Waals surface area contributed by atoms with Crippen LogP contribution in [0, 0.1) is 5.82 Å². The van der Waals surface area contributed by atoms with Crippen molar-refractivity contribution in [1.29, 1.82) is 0 Å². The summed E-state index contributed by atoms with van der Waals surface area (Å²) in [4.78, 5) is 26.3. The smallest absolute Gasteiger partial charge is 0.266 e. The molecule has 1 amide bonds. The van der Waals surface area contributed by atoms with Gasteiger partial charge in [0.05, 0.1) is 22.9 Å². The highest BCUT2D eigenvalue weighted by Crippen LogP contribution is 2.48. The molecule has 0 radical (unpaired) electrons. The second kappa shape index (κ2) is 9.41. The molecule has 0 bridgehead atoms. The topological polar surface area (TPSA) is 75.2 Å². The Labute approximate surface area is 210 Å². The number of hydrogen-bond acceptors (Lipinski definition) is 4. The molecule has 11 heteroatoms. The Bertz CT molecular complexity index is 1260. The van der Waals surface area contributed by atoms with Gasteiger partial charge in [0.2, 0.25) is 0 Å². The van der Waals surface area contributed by atoms with Gasteiger partial charge in [-0.05, 0) is 52.0 Å². The lowest BCUT2D eigenvalue weighted by Crippen LogP contribution is -2.45. The second-order valence-corrected chi connectivity index (χ2v) is 10.5. The third kappa shape index (κ3) is 4.85. The normalized spacial score (nSPS) is 22.2. The zero-order valence-electron chi connectivity index (χ0n) is 20.3. The first kappa shape index (κ1) is 25.7. The minimum atomic E-state index is -3.02. The molecule has 1 saturated heterocycles. The van der Waals surface area contributed by atoms with Gasteiger partial charge < -0.3 is 20.5 Å². The Morgan fingerprint density at radius 1 is 1.14 bits per heavy atom. The number of amides is 1. The maximum Gasteiger partial charge on any atom is 0.266 e. The van der Waals surface area contributed by atoms with E-state index in [-0.39, 0.29) is 41.2 Å². The van der Waals surface area contributed by atoms with Crippen LogP contribution in [0.1, 0.15) is 79.4 Å². The highest BCUT2D eigenvalue weighted by Gasteiger charge is 2.54. The van der Waals surface area contributed by atoms with Crippen LogP contribution in [-0.2, 0) is 5.54 Å². The summed E-state index contributed by atoms with van der Waals surface area (Å²) in [5.41, 5.74) is -2.97. The average Bonchev–Trinajstić information content (AvgIpc) is 3.77. The molecule has 5 rings (SSSR count). The van der Waals surface area contributed by atoms with Gasteiger partial charge in [-0.3, -0.25) is 9.59 Å². The summed E-state index contributed by atoms with van der Waals surface area (Å²) in [6.07, 6.45) is -0.833. The number of pyridine rings is 1. The quantitative estimate of drug-likeness (QED) is 0.431. The molecular formula is C26H29F5N4O2. The van der Waals surface area contributed by atoms with E-state index >= 15 is 0 Å². The molecule has 1 spiro atoms. The summed E-state index contributed by atoms with van der Waals surface area (Å²) in [6.45, 7) is 2.21. The van der Waals surface area contributed by atoms with Crippen molar-refractivity contribution in [2.24, 2.45) is 0 Å². The first-order valence-electron chi connectivity index (χ1n) is 12.5. The van der Waals surface area contributed by atoms with Crippen molar-refractivity contribution in [1.82, 2.24) is 15.2 Å². The van der Waals surface area contributed by atoms with Crippen molar-refractivity contribution >= 4 is 11.6 Å². The summed E-state index contributed by atoms with van der Waals surface area (Å²) in [6, 6.07) is 3.68. The second-order valence-electron chi connectivity index (χ2n) is 10.5. The monoisotopic (exact) mass is 524 g/mol. The molecule has 2 heterocycles. The van der Waals surface area contributed by atoms with E-state index < -0.39 is 47.3 Å². The molecule has 1 aromatic carbocycles. The molecule has 2 saturated carbocycles. The van der Waals surface area contributed by atoms with Gasteiger partial charge in [0, 0.05) is 29.4 Å². The molecule has 1 aliphatic heterocycles. The summed E-state index contributed by atoms with van der Waals surface area (Å²) in [7, 11) is 0. The maximum atomic E-state index is 14.7. The van der Waals surface area contributed by atoms with Crippen LogP contribution in [0.4, 0.5) is 27.6 Å². The number of rotatable bonds is 8. The van der Waals surface area contributed by atoms with Crippen LogP contribution < -0.4 is 21.5 Å². The molecule has 0 unspecified atom stereocenters. The number of nitrogens with one attached hydrogen (secondary N) is 3. The zero-order chi connectivity index (χ0) is 26.5. The number of aromatic nitrogens is 1. The van der Waals surface area contributed by atoms with Gasteiger partial charge >= 0.3 is 0 Å². The van der Waals surface area contributed by atoms with Crippen molar-refractivity contribution in [2.75, 3.05) is 11.9 Å². The molecule has 3 N–H and O–H groups in total. The van der Waals surface area contributed by atoms with E-state index in [1.54, 1.807) is 0 Å². The lowest BCUT2D eigenvalue weighted by Gasteiger charge is -2.32. The van der Waals surface area contributed by atoms with Crippen molar-refractivity contribution in [3.63, 3.8) is 0 Å². The summed E-state index contributed by atoms with van der Waals surface area (Å²) < 4.78 is 69.6. The minimum Gasteiger partial charge on any atom is -0.381 e. The Balaban J connectivity index is 1.46. The van der Waals surface area contributed by atoms with Gasteiger partial charge in [-0.1, -0.05) is 18.2 Å². The predicted molar refractivity (Wildman–Crippen MR) is 128 cm³/mol. The Morgan fingerprint density at radius 2 is 1.84 bits per heavy atom. The SMILES string of the molecule is C[C@@H](NC(=O)c1cn(C2(C(F)F)CC2)c(=O)cc1N[C@H]1CCNC2(CC2)C1)c1cccc(C(F)F)c1F. The van der Waals surface area contributed by atoms with Gasteiger partial charge in [-0.25, -0.2) is 22.0 Å². The largest absolute Gasteiger partial charge is 0.381 e. The summed E-state index contributed by atoms with van der Waals surface area (Å²) >= 11 is 0. The minimum absolute atomic E-state index is 0.0341. The third-order valence-corrected chi connectivity index (χ3v) is 7.90. The molecule has 1 aromatic heterocycles. The van der Waals surface area contributed by atoms with Crippen LogP contribution >= 0.6 is 0 Å². The fourth-order valence-corrected chi connectivity index (χ4v) is 5.33. The van der Waals surface area contributed by atoms with Crippen LogP contribution in [0.3, 0.4) is 0 Å². The van der Waals surface area contributed by atoms with Gasteiger partial charge in [-0.15, -0.1) is 0 Å². The predicted octanol–water partition coefficient (Wildman–Crippen LogP) is 4.87. The average molecular weight is 525 g/mol. The van der Waals surface area contributed by atoms with E-state index in [0.29, 0.717) is 0 Å². The Kier molecular flexibility index (Phi) is 6.54. The Morgan fingerprint density at radius 3 is 2.46 bits per heavy atom. The van der Waals surface area contributed by atoms with Crippen molar-refractivity contribution in [2.45, 2.75) is 81.5 Å². The first-order valence-corrected chi connectivity index (χ1v) is 12.5. The van der Waals surface area contributed by atoms with Crippen molar-refractivity contribution < 1.29 is 26.7 Å². The molecule has 37 heavy (non-hydrogen) atoms. The number of carbonyl (C=O) groups is 1. The number of piperidine rings is 1. The van der Waals surface area contributed by atoms with E-state index in [9.17, 15) is 31.5 Å². The number of benzene rings is 1. The first-order chi connectivity index (χ1) is 17.5. The molecule has 2 aromatic rings. The van der Waals surface area contributed by atoms with E-state index in [2.05, 4.69) is 16.0 Å². The molecule has 2 aliphatic carbocycles. The van der Waals surface area contributed by atoms with Crippen LogP contribution in [0.5, 0.6) is 0 Å². The fourth-order valence-electron chi connectivity index (χ4n) is 5.33. The summed E-state index contributed by atoms with van der Waals surface area (Å²) in [5.74, 6) is -1.85. The third-order valence-electron chi connectivity index (χ3n) is 7.90. The number of halogens is 5. The van der Waals surface area contributed by atoms with Gasteiger partial charge in [0.1, 0.15) is 11.4 Å². The van der Waals surface area contributed by atoms with E-state index in [4.69, 9.17) is 0 Å². The standard InChI is InChI=1S/C26H29F5N4O2/c1-14(16-3-2-4-17(21(16)27)22(28)29)33-23(37)18-13-35(26(8-9-26)24(30)31)20(36)11-19(18)34-15-5-10-32-25(12-15)6-7-25/h2-4,11,13-15,22,24,32,34H,5-10,12H2,1H3,(H,33,37)/t14-,15+/m1/s1. The lowest BCUT2D eigenvalue weighted by atomic mass is 9.97. The molecule has 200 valence electrons. The highest BCUT2D eigenvalue weighted by atomic mass is 19.3.